The van der Waals surface area contributed by atoms with Gasteiger partial charge < -0.3 is 15.8 Å². The Balaban J connectivity index is 1.88. The molecule has 1 amide bonds. The van der Waals surface area contributed by atoms with Crippen LogP contribution in [0, 0.1) is 5.92 Å². The molecule has 1 fully saturated rings. The maximum Gasteiger partial charge on any atom is 0.270 e. The van der Waals surface area contributed by atoms with Gasteiger partial charge in [-0.25, -0.2) is 4.68 Å². The molecule has 0 spiro atoms. The van der Waals surface area contributed by atoms with Gasteiger partial charge in [0.25, 0.3) is 5.56 Å². The standard InChI is InChI=1S/C12H18N4O3/c13-3-4-19-10-5-12(18)16(15-7-10)8-11(17)14-6-9-1-2-9/h5,7,9H,1-4,6,8,13H2,(H,14,17). The lowest BCUT2D eigenvalue weighted by Crippen LogP contribution is -2.34. The molecule has 1 aromatic rings. The predicted octanol–water partition coefficient (Wildman–Crippen LogP) is -0.893. The summed E-state index contributed by atoms with van der Waals surface area (Å²) in [4.78, 5) is 23.3. The fourth-order valence-corrected chi connectivity index (χ4v) is 1.56. The summed E-state index contributed by atoms with van der Waals surface area (Å²) < 4.78 is 6.29. The van der Waals surface area contributed by atoms with Gasteiger partial charge in [0.1, 0.15) is 18.9 Å². The lowest BCUT2D eigenvalue weighted by molar-refractivity contribution is -0.122. The van der Waals surface area contributed by atoms with Gasteiger partial charge in [0.2, 0.25) is 5.91 Å². The Morgan fingerprint density at radius 3 is 3.00 bits per heavy atom. The fraction of sp³-hybridized carbons (Fsp3) is 0.583. The molecule has 1 heterocycles. The lowest BCUT2D eigenvalue weighted by Gasteiger charge is -2.07. The fourth-order valence-electron chi connectivity index (χ4n) is 1.56. The van der Waals surface area contributed by atoms with Crippen LogP contribution in [0.15, 0.2) is 17.1 Å². The second kappa shape index (κ2) is 6.33. The van der Waals surface area contributed by atoms with Crippen molar-refractivity contribution in [2.24, 2.45) is 11.7 Å². The van der Waals surface area contributed by atoms with Crippen molar-refractivity contribution in [1.29, 1.82) is 0 Å². The normalized spacial score (nSPS) is 14.2. The van der Waals surface area contributed by atoms with Gasteiger partial charge in [-0.15, -0.1) is 0 Å². The van der Waals surface area contributed by atoms with E-state index in [1.54, 1.807) is 0 Å². The average Bonchev–Trinajstić information content (AvgIpc) is 3.21. The summed E-state index contributed by atoms with van der Waals surface area (Å²) in [5, 5.41) is 6.67. The molecule has 7 heteroatoms. The van der Waals surface area contributed by atoms with Crippen LogP contribution in [0.1, 0.15) is 12.8 Å². The molecule has 3 N–H and O–H groups in total. The number of amides is 1. The highest BCUT2D eigenvalue weighted by Gasteiger charge is 2.21. The van der Waals surface area contributed by atoms with Crippen molar-refractivity contribution in [3.63, 3.8) is 0 Å². The highest BCUT2D eigenvalue weighted by Crippen LogP contribution is 2.27. The Hall–Kier alpha value is -1.89. The van der Waals surface area contributed by atoms with Crippen LogP contribution in [-0.2, 0) is 11.3 Å². The lowest BCUT2D eigenvalue weighted by atomic mass is 10.4. The first-order valence-corrected chi connectivity index (χ1v) is 6.36. The van der Waals surface area contributed by atoms with Gasteiger partial charge in [-0.2, -0.15) is 5.10 Å². The third-order valence-corrected chi connectivity index (χ3v) is 2.81. The molecule has 0 radical (unpaired) electrons. The average molecular weight is 266 g/mol. The van der Waals surface area contributed by atoms with Gasteiger partial charge in [-0.1, -0.05) is 0 Å². The summed E-state index contributed by atoms with van der Waals surface area (Å²) in [6.07, 6.45) is 3.75. The Labute approximate surface area is 110 Å². The number of rotatable bonds is 7. The van der Waals surface area contributed by atoms with Gasteiger partial charge in [0.05, 0.1) is 6.20 Å². The zero-order chi connectivity index (χ0) is 13.7. The van der Waals surface area contributed by atoms with E-state index in [1.807, 2.05) is 0 Å². The van der Waals surface area contributed by atoms with E-state index in [0.717, 1.165) is 4.68 Å². The number of nitrogens with zero attached hydrogens (tertiary/aromatic N) is 2. The van der Waals surface area contributed by atoms with Crippen molar-refractivity contribution >= 4 is 5.91 Å². The summed E-state index contributed by atoms with van der Waals surface area (Å²) >= 11 is 0. The third-order valence-electron chi connectivity index (χ3n) is 2.81. The molecule has 19 heavy (non-hydrogen) atoms. The zero-order valence-electron chi connectivity index (χ0n) is 10.7. The SMILES string of the molecule is NCCOc1cnn(CC(=O)NCC2CC2)c(=O)c1. The molecule has 0 aliphatic heterocycles. The van der Waals surface area contributed by atoms with Crippen LogP contribution in [0.2, 0.25) is 0 Å². The van der Waals surface area contributed by atoms with Gasteiger partial charge in [0.15, 0.2) is 0 Å². The second-order valence-corrected chi connectivity index (χ2v) is 4.57. The molecule has 104 valence electrons. The monoisotopic (exact) mass is 266 g/mol. The highest BCUT2D eigenvalue weighted by molar-refractivity contribution is 5.75. The Morgan fingerprint density at radius 2 is 2.37 bits per heavy atom. The summed E-state index contributed by atoms with van der Waals surface area (Å²) in [5.41, 5.74) is 4.93. The smallest absolute Gasteiger partial charge is 0.270 e. The van der Waals surface area contributed by atoms with E-state index in [2.05, 4.69) is 10.4 Å². The third kappa shape index (κ3) is 4.36. The highest BCUT2D eigenvalue weighted by atomic mass is 16.5. The van der Waals surface area contributed by atoms with Crippen molar-refractivity contribution in [3.8, 4) is 5.75 Å². The minimum atomic E-state index is -0.365. The first-order valence-electron chi connectivity index (χ1n) is 6.36. The molecule has 1 aliphatic rings. The molecular weight excluding hydrogens is 248 g/mol. The first-order chi connectivity index (χ1) is 9.19. The molecule has 0 bridgehead atoms. The largest absolute Gasteiger partial charge is 0.490 e. The Morgan fingerprint density at radius 1 is 1.58 bits per heavy atom. The predicted molar refractivity (Wildman–Crippen MR) is 68.8 cm³/mol. The van der Waals surface area contributed by atoms with Crippen LogP contribution >= 0.6 is 0 Å². The molecule has 0 atom stereocenters. The molecule has 7 nitrogen and oxygen atoms in total. The summed E-state index contributed by atoms with van der Waals surface area (Å²) in [6.45, 7) is 1.31. The van der Waals surface area contributed by atoms with Crippen molar-refractivity contribution < 1.29 is 9.53 Å². The molecule has 2 rings (SSSR count). The number of aromatic nitrogens is 2. The Kier molecular flexibility index (Phi) is 4.51. The van der Waals surface area contributed by atoms with Crippen molar-refractivity contribution in [2.45, 2.75) is 19.4 Å². The molecule has 0 unspecified atom stereocenters. The zero-order valence-corrected chi connectivity index (χ0v) is 10.7. The van der Waals surface area contributed by atoms with E-state index in [0.29, 0.717) is 31.4 Å². The van der Waals surface area contributed by atoms with E-state index in [4.69, 9.17) is 10.5 Å². The molecule has 1 aromatic heterocycles. The summed E-state index contributed by atoms with van der Waals surface area (Å²) in [6, 6.07) is 1.30. The first kappa shape index (κ1) is 13.5. The summed E-state index contributed by atoms with van der Waals surface area (Å²) in [5.74, 6) is 0.780. The molecule has 0 saturated heterocycles. The van der Waals surface area contributed by atoms with E-state index >= 15 is 0 Å². The van der Waals surface area contributed by atoms with Crippen molar-refractivity contribution in [1.82, 2.24) is 15.1 Å². The van der Waals surface area contributed by atoms with E-state index in [-0.39, 0.29) is 18.0 Å². The van der Waals surface area contributed by atoms with E-state index in [9.17, 15) is 9.59 Å². The van der Waals surface area contributed by atoms with Crippen molar-refractivity contribution in [3.05, 3.63) is 22.6 Å². The number of nitrogens with one attached hydrogen (secondary N) is 1. The Bertz CT molecular complexity index is 496. The minimum Gasteiger partial charge on any atom is -0.490 e. The number of nitrogens with two attached hydrogens (primary N) is 1. The number of carbonyl (C=O) groups is 1. The van der Waals surface area contributed by atoms with Gasteiger partial charge in [-0.3, -0.25) is 9.59 Å². The van der Waals surface area contributed by atoms with Crippen LogP contribution < -0.4 is 21.3 Å². The van der Waals surface area contributed by atoms with Crippen LogP contribution in [0.3, 0.4) is 0 Å². The second-order valence-electron chi connectivity index (χ2n) is 4.57. The van der Waals surface area contributed by atoms with Crippen LogP contribution in [0.4, 0.5) is 0 Å². The van der Waals surface area contributed by atoms with Crippen LogP contribution in [0.25, 0.3) is 0 Å². The van der Waals surface area contributed by atoms with Gasteiger partial charge >= 0.3 is 0 Å². The molecule has 1 aliphatic carbocycles. The maximum absolute atomic E-state index is 11.7. The van der Waals surface area contributed by atoms with Gasteiger partial charge in [-0.05, 0) is 18.8 Å². The van der Waals surface area contributed by atoms with E-state index < -0.39 is 0 Å². The van der Waals surface area contributed by atoms with Crippen LogP contribution in [-0.4, -0.2) is 35.4 Å². The minimum absolute atomic E-state index is 0.0667. The maximum atomic E-state index is 11.7. The summed E-state index contributed by atoms with van der Waals surface area (Å²) in [7, 11) is 0. The van der Waals surface area contributed by atoms with Gasteiger partial charge in [0, 0.05) is 19.2 Å². The molecule has 0 aromatic carbocycles. The molecule has 1 saturated carbocycles. The number of hydrogen-bond donors (Lipinski definition) is 2. The molecular formula is C12H18N4O3. The quantitative estimate of drug-likeness (QED) is 0.667. The number of hydrogen-bond acceptors (Lipinski definition) is 5. The number of carbonyl (C=O) groups excluding carboxylic acids is 1. The van der Waals surface area contributed by atoms with Crippen LogP contribution in [0.5, 0.6) is 5.75 Å². The van der Waals surface area contributed by atoms with E-state index in [1.165, 1.54) is 25.1 Å². The topological polar surface area (TPSA) is 99.2 Å². The number of ether oxygens (including phenoxy) is 1. The van der Waals surface area contributed by atoms with Crippen molar-refractivity contribution in [2.75, 3.05) is 19.7 Å².